The van der Waals surface area contributed by atoms with Crippen LogP contribution in [-0.4, -0.2) is 0 Å². The predicted octanol–water partition coefficient (Wildman–Crippen LogP) is 7.59. The highest BCUT2D eigenvalue weighted by Gasteiger charge is 2.21. The summed E-state index contributed by atoms with van der Waals surface area (Å²) in [6.45, 7) is 2.30. The zero-order valence-corrected chi connectivity index (χ0v) is 17.5. The minimum atomic E-state index is 0.740. The van der Waals surface area contributed by atoms with E-state index in [1.165, 1.54) is 68.9 Å². The molecule has 28 heavy (non-hydrogen) atoms. The summed E-state index contributed by atoms with van der Waals surface area (Å²) in [5.74, 6) is 1.76. The van der Waals surface area contributed by atoms with E-state index in [9.17, 15) is 0 Å². The van der Waals surface area contributed by atoms with Crippen molar-refractivity contribution < 1.29 is 0 Å². The minimum Gasteiger partial charge on any atom is -0.192 e. The molecule has 1 aliphatic carbocycles. The number of hydrogen-bond acceptors (Lipinski definition) is 1. The molecule has 1 saturated carbocycles. The molecule has 0 saturated heterocycles. The number of hydrogen-bond donors (Lipinski definition) is 0. The van der Waals surface area contributed by atoms with Crippen molar-refractivity contribution >= 4 is 0 Å². The highest BCUT2D eigenvalue weighted by atomic mass is 14.3. The molecule has 148 valence electrons. The summed E-state index contributed by atoms with van der Waals surface area (Å²) in [7, 11) is 0. The van der Waals surface area contributed by atoms with Gasteiger partial charge in [-0.05, 0) is 79.2 Å². The topological polar surface area (TPSA) is 23.8 Å². The zero-order valence-electron chi connectivity index (χ0n) is 17.5. The Morgan fingerprint density at radius 2 is 1.39 bits per heavy atom. The van der Waals surface area contributed by atoms with Gasteiger partial charge in [0.1, 0.15) is 0 Å². The number of nitrogens with zero attached hydrogens (tertiary/aromatic N) is 1. The van der Waals surface area contributed by atoms with Crippen molar-refractivity contribution in [3.8, 4) is 6.07 Å². The van der Waals surface area contributed by atoms with Crippen molar-refractivity contribution in [1.82, 2.24) is 0 Å². The van der Waals surface area contributed by atoms with Crippen molar-refractivity contribution in [3.05, 3.63) is 70.8 Å². The van der Waals surface area contributed by atoms with Crippen LogP contribution in [0.15, 0.2) is 48.5 Å². The van der Waals surface area contributed by atoms with E-state index in [1.807, 2.05) is 12.1 Å². The van der Waals surface area contributed by atoms with Crippen LogP contribution in [0.1, 0.15) is 92.9 Å². The van der Waals surface area contributed by atoms with Crippen molar-refractivity contribution in [3.63, 3.8) is 0 Å². The van der Waals surface area contributed by atoms with E-state index in [4.69, 9.17) is 5.26 Å². The Balaban J connectivity index is 1.42. The standard InChI is InChI=1S/C27H35N/c1-2-3-4-5-6-22-13-17-26(18-14-22)27-19-15-24(16-20-27)8-7-23-9-11-25(21-28)12-10-23/h9-12,15-16,19-20,22,26H,2-8,13-14,17-18H2,1H3. The van der Waals surface area contributed by atoms with Gasteiger partial charge in [0.15, 0.2) is 0 Å². The fraction of sp³-hybridized carbons (Fsp3) is 0.519. The summed E-state index contributed by atoms with van der Waals surface area (Å²) in [6, 6.07) is 19.6. The summed E-state index contributed by atoms with van der Waals surface area (Å²) in [5.41, 5.74) is 5.01. The Morgan fingerprint density at radius 3 is 1.96 bits per heavy atom. The van der Waals surface area contributed by atoms with Gasteiger partial charge in [0.2, 0.25) is 0 Å². The van der Waals surface area contributed by atoms with Gasteiger partial charge in [0.25, 0.3) is 0 Å². The van der Waals surface area contributed by atoms with Crippen LogP contribution in [0.3, 0.4) is 0 Å². The second-order valence-electron chi connectivity index (χ2n) is 8.62. The smallest absolute Gasteiger partial charge is 0.0991 e. The maximum absolute atomic E-state index is 8.89. The maximum atomic E-state index is 8.89. The number of nitriles is 1. The van der Waals surface area contributed by atoms with E-state index < -0.39 is 0 Å². The van der Waals surface area contributed by atoms with Gasteiger partial charge in [-0.3, -0.25) is 0 Å². The quantitative estimate of drug-likeness (QED) is 0.415. The molecular weight excluding hydrogens is 338 g/mol. The van der Waals surface area contributed by atoms with Gasteiger partial charge in [0.05, 0.1) is 11.6 Å². The second-order valence-corrected chi connectivity index (χ2v) is 8.62. The van der Waals surface area contributed by atoms with Crippen molar-refractivity contribution in [2.75, 3.05) is 0 Å². The van der Waals surface area contributed by atoms with Gasteiger partial charge in [-0.15, -0.1) is 0 Å². The molecule has 0 aliphatic heterocycles. The Hall–Kier alpha value is -2.07. The Morgan fingerprint density at radius 1 is 0.786 bits per heavy atom. The fourth-order valence-corrected chi connectivity index (χ4v) is 4.64. The molecule has 0 atom stereocenters. The number of unbranched alkanes of at least 4 members (excludes halogenated alkanes) is 3. The summed E-state index contributed by atoms with van der Waals surface area (Å²) < 4.78 is 0. The van der Waals surface area contributed by atoms with E-state index in [2.05, 4.69) is 49.4 Å². The van der Waals surface area contributed by atoms with Crippen LogP contribution < -0.4 is 0 Å². The molecule has 2 aromatic rings. The first-order valence-corrected chi connectivity index (χ1v) is 11.4. The molecule has 1 aliphatic rings. The Labute approximate surface area is 171 Å². The third-order valence-electron chi connectivity index (χ3n) is 6.55. The molecule has 0 amide bonds. The third-order valence-corrected chi connectivity index (χ3v) is 6.55. The van der Waals surface area contributed by atoms with Crippen molar-refractivity contribution in [1.29, 1.82) is 5.26 Å². The molecule has 0 N–H and O–H groups in total. The van der Waals surface area contributed by atoms with Crippen LogP contribution in [0.5, 0.6) is 0 Å². The summed E-state index contributed by atoms with van der Waals surface area (Å²) in [4.78, 5) is 0. The number of benzene rings is 2. The Bertz CT molecular complexity index is 727. The van der Waals surface area contributed by atoms with Crippen LogP contribution >= 0.6 is 0 Å². The summed E-state index contributed by atoms with van der Waals surface area (Å²) in [6.07, 6.45) is 14.8. The predicted molar refractivity (Wildman–Crippen MR) is 118 cm³/mol. The summed E-state index contributed by atoms with van der Waals surface area (Å²) >= 11 is 0. The largest absolute Gasteiger partial charge is 0.192 e. The van der Waals surface area contributed by atoms with Gasteiger partial charge in [0, 0.05) is 0 Å². The molecule has 1 nitrogen and oxygen atoms in total. The molecule has 2 aromatic carbocycles. The van der Waals surface area contributed by atoms with Gasteiger partial charge < -0.3 is 0 Å². The van der Waals surface area contributed by atoms with Gasteiger partial charge >= 0.3 is 0 Å². The lowest BCUT2D eigenvalue weighted by Crippen LogP contribution is -2.13. The molecule has 0 aromatic heterocycles. The molecule has 0 unspecified atom stereocenters. The van der Waals surface area contributed by atoms with Crippen LogP contribution in [0.2, 0.25) is 0 Å². The normalized spacial score (nSPS) is 19.3. The van der Waals surface area contributed by atoms with Crippen LogP contribution in [0, 0.1) is 17.2 Å². The molecule has 1 heteroatoms. The van der Waals surface area contributed by atoms with Crippen LogP contribution in [0.25, 0.3) is 0 Å². The van der Waals surface area contributed by atoms with Gasteiger partial charge in [-0.1, -0.05) is 75.4 Å². The fourth-order valence-electron chi connectivity index (χ4n) is 4.64. The SMILES string of the molecule is CCCCCCC1CCC(c2ccc(CCc3ccc(C#N)cc3)cc2)CC1. The molecule has 3 rings (SSSR count). The lowest BCUT2D eigenvalue weighted by molar-refractivity contribution is 0.302. The average Bonchev–Trinajstić information content (AvgIpc) is 2.76. The van der Waals surface area contributed by atoms with E-state index >= 15 is 0 Å². The van der Waals surface area contributed by atoms with E-state index in [0.717, 1.165) is 30.2 Å². The maximum Gasteiger partial charge on any atom is 0.0991 e. The first-order valence-electron chi connectivity index (χ1n) is 11.4. The van der Waals surface area contributed by atoms with Gasteiger partial charge in [-0.2, -0.15) is 5.26 Å². The first kappa shape index (κ1) is 20.7. The third kappa shape index (κ3) is 6.23. The van der Waals surface area contributed by atoms with Crippen molar-refractivity contribution in [2.45, 2.75) is 83.5 Å². The van der Waals surface area contributed by atoms with E-state index in [-0.39, 0.29) is 0 Å². The van der Waals surface area contributed by atoms with Gasteiger partial charge in [-0.25, -0.2) is 0 Å². The molecule has 0 radical (unpaired) electrons. The zero-order chi connectivity index (χ0) is 19.6. The lowest BCUT2D eigenvalue weighted by Gasteiger charge is -2.29. The number of rotatable bonds is 9. The molecule has 0 spiro atoms. The molecular formula is C27H35N. The molecule has 0 heterocycles. The number of aryl methyl sites for hydroxylation is 2. The second kappa shape index (κ2) is 11.1. The lowest BCUT2D eigenvalue weighted by atomic mass is 9.77. The van der Waals surface area contributed by atoms with Crippen molar-refractivity contribution in [2.24, 2.45) is 5.92 Å². The van der Waals surface area contributed by atoms with Crippen LogP contribution in [-0.2, 0) is 12.8 Å². The minimum absolute atomic E-state index is 0.740. The Kier molecular flexibility index (Phi) is 8.16. The monoisotopic (exact) mass is 373 g/mol. The van der Waals surface area contributed by atoms with Crippen LogP contribution in [0.4, 0.5) is 0 Å². The van der Waals surface area contributed by atoms with E-state index in [1.54, 1.807) is 5.56 Å². The molecule has 1 fully saturated rings. The average molecular weight is 374 g/mol. The first-order chi connectivity index (χ1) is 13.8. The molecule has 0 bridgehead atoms. The summed E-state index contributed by atoms with van der Waals surface area (Å²) in [5, 5.41) is 8.89. The highest BCUT2D eigenvalue weighted by Crippen LogP contribution is 2.37. The highest BCUT2D eigenvalue weighted by molar-refractivity contribution is 5.32. The van der Waals surface area contributed by atoms with E-state index in [0.29, 0.717) is 0 Å².